The molecule has 0 saturated carbocycles. The lowest BCUT2D eigenvalue weighted by Gasteiger charge is -2.51. The summed E-state index contributed by atoms with van der Waals surface area (Å²) < 4.78 is 11.3. The third-order valence-corrected chi connectivity index (χ3v) is 10.9. The van der Waals surface area contributed by atoms with Gasteiger partial charge in [0.25, 0.3) is 0 Å². The van der Waals surface area contributed by atoms with Crippen molar-refractivity contribution in [2.45, 2.75) is 89.8 Å². The first-order chi connectivity index (χ1) is 21.0. The number of rotatable bonds is 13. The first kappa shape index (κ1) is 34.2. The molecule has 1 aliphatic carbocycles. The minimum atomic E-state index is -1.04. The minimum absolute atomic E-state index is 0.00499. The van der Waals surface area contributed by atoms with Crippen LogP contribution in [-0.4, -0.2) is 61.6 Å². The molecule has 0 amide bonds. The molecule has 0 radical (unpaired) electrons. The summed E-state index contributed by atoms with van der Waals surface area (Å²) in [5.41, 5.74) is 3.91. The van der Waals surface area contributed by atoms with Crippen LogP contribution in [0.1, 0.15) is 76.8 Å². The lowest BCUT2D eigenvalue weighted by molar-refractivity contribution is -0.169. The van der Waals surface area contributed by atoms with E-state index in [1.165, 1.54) is 23.4 Å². The Morgan fingerprint density at radius 2 is 2.05 bits per heavy atom. The summed E-state index contributed by atoms with van der Waals surface area (Å²) in [7, 11) is 0. The van der Waals surface area contributed by atoms with Gasteiger partial charge in [-0.25, -0.2) is 9.59 Å². The molecule has 1 saturated heterocycles. The summed E-state index contributed by atoms with van der Waals surface area (Å²) in [5, 5.41) is 31.3. The Kier molecular flexibility index (Phi) is 11.7. The number of ether oxygens (including phenoxy) is 2. The van der Waals surface area contributed by atoms with E-state index in [1.807, 2.05) is 13.0 Å². The van der Waals surface area contributed by atoms with Gasteiger partial charge in [-0.1, -0.05) is 56.2 Å². The number of unbranched alkanes of at least 4 members (excludes halogenated alkanes) is 2. The van der Waals surface area contributed by atoms with Crippen LogP contribution in [0.15, 0.2) is 59.2 Å². The zero-order chi connectivity index (χ0) is 32.1. The van der Waals surface area contributed by atoms with Crippen LogP contribution in [0.3, 0.4) is 0 Å². The second-order valence-electron chi connectivity index (χ2n) is 12.0. The van der Waals surface area contributed by atoms with Gasteiger partial charge in [0.1, 0.15) is 30.0 Å². The van der Waals surface area contributed by atoms with E-state index in [-0.39, 0.29) is 41.0 Å². The fraction of sp³-hybridized carbons (Fsp3) is 0.529. The van der Waals surface area contributed by atoms with Crippen molar-refractivity contribution in [1.82, 2.24) is 4.90 Å². The number of aromatic hydroxyl groups is 1. The number of allylic oxidation sites excluding steroid dienone is 3. The van der Waals surface area contributed by atoms with Crippen LogP contribution >= 0.6 is 23.5 Å². The van der Waals surface area contributed by atoms with Gasteiger partial charge in [0.2, 0.25) is 0 Å². The van der Waals surface area contributed by atoms with Crippen molar-refractivity contribution >= 4 is 34.8 Å². The standard InChI is InChI=1S/C34H45NO7S2/c1-7-9-10-11-22-16-25(37)29(24-15-20(5)12-13-23(24)19(3)4)26(17-22)42-34(40)43-18-27-30(33(39)41-14-8-2)35-31(38)28(21(6)36)32(35)44-27/h8,15-17,21,23-24,28,31-32,36-38H,2-3,7,9-14,18H2,1,4-6H3/t21-,23+,24-,28+,31?,32?/m1/s1. The van der Waals surface area contributed by atoms with Crippen molar-refractivity contribution in [2.24, 2.45) is 11.8 Å². The van der Waals surface area contributed by atoms with E-state index in [4.69, 9.17) is 9.47 Å². The molecule has 4 rings (SSSR count). The van der Waals surface area contributed by atoms with Gasteiger partial charge in [-0.05, 0) is 81.8 Å². The number of hydrogen-bond acceptors (Lipinski definition) is 10. The molecule has 1 aromatic rings. The number of esters is 1. The van der Waals surface area contributed by atoms with Crippen LogP contribution in [0.5, 0.6) is 11.5 Å². The van der Waals surface area contributed by atoms with Crippen LogP contribution in [0, 0.1) is 11.8 Å². The molecule has 10 heteroatoms. The highest BCUT2D eigenvalue weighted by molar-refractivity contribution is 8.14. The number of aliphatic hydroxyl groups excluding tert-OH is 2. The Hall–Kier alpha value is -2.66. The predicted molar refractivity (Wildman–Crippen MR) is 176 cm³/mol. The maximum Gasteiger partial charge on any atom is 0.373 e. The van der Waals surface area contributed by atoms with E-state index >= 15 is 0 Å². The molecule has 3 aliphatic rings. The third-order valence-electron chi connectivity index (χ3n) is 8.58. The number of phenols is 1. The molecule has 0 aromatic heterocycles. The number of phenolic OH excluding ortho intramolecular Hbond substituents is 1. The number of carbonyl (C=O) groups is 2. The van der Waals surface area contributed by atoms with Gasteiger partial charge in [-0.15, -0.1) is 11.8 Å². The van der Waals surface area contributed by atoms with E-state index in [0.29, 0.717) is 16.2 Å². The number of benzene rings is 1. The molecule has 2 heterocycles. The number of hydrogen-bond donors (Lipinski definition) is 3. The Morgan fingerprint density at radius 3 is 2.70 bits per heavy atom. The first-order valence-electron chi connectivity index (χ1n) is 15.3. The van der Waals surface area contributed by atoms with Crippen molar-refractivity contribution in [3.8, 4) is 11.5 Å². The van der Waals surface area contributed by atoms with E-state index in [9.17, 15) is 24.9 Å². The fourth-order valence-electron chi connectivity index (χ4n) is 6.28. The van der Waals surface area contributed by atoms with E-state index < -0.39 is 29.5 Å². The molecular formula is C34H45NO7S2. The molecule has 0 spiro atoms. The largest absolute Gasteiger partial charge is 0.507 e. The summed E-state index contributed by atoms with van der Waals surface area (Å²) in [4.78, 5) is 28.5. The van der Waals surface area contributed by atoms with Crippen molar-refractivity contribution in [2.75, 3.05) is 12.4 Å². The number of fused-ring (bicyclic) bond motifs is 1. The average molecular weight is 644 g/mol. The van der Waals surface area contributed by atoms with Crippen molar-refractivity contribution in [3.63, 3.8) is 0 Å². The van der Waals surface area contributed by atoms with Crippen molar-refractivity contribution in [1.29, 1.82) is 0 Å². The summed E-state index contributed by atoms with van der Waals surface area (Å²) >= 11 is 2.24. The summed E-state index contributed by atoms with van der Waals surface area (Å²) in [6, 6.07) is 3.66. The zero-order valence-electron chi connectivity index (χ0n) is 26.1. The minimum Gasteiger partial charge on any atom is -0.507 e. The molecule has 44 heavy (non-hydrogen) atoms. The molecule has 8 nitrogen and oxygen atoms in total. The third kappa shape index (κ3) is 7.41. The second kappa shape index (κ2) is 15.1. The molecule has 0 bridgehead atoms. The number of carbonyl (C=O) groups excluding carboxylic acids is 2. The Labute approximate surface area is 269 Å². The van der Waals surface area contributed by atoms with Crippen molar-refractivity contribution < 1.29 is 34.4 Å². The Bertz CT molecular complexity index is 1340. The fourth-order valence-corrected chi connectivity index (χ4v) is 8.72. The molecule has 2 aliphatic heterocycles. The Morgan fingerprint density at radius 1 is 1.30 bits per heavy atom. The normalized spacial score (nSPS) is 25.1. The number of aliphatic hydroxyl groups is 2. The van der Waals surface area contributed by atoms with E-state index in [2.05, 4.69) is 33.1 Å². The number of aryl methyl sites for hydroxylation is 1. The lowest BCUT2D eigenvalue weighted by Crippen LogP contribution is -2.63. The Balaban J connectivity index is 1.60. The van der Waals surface area contributed by atoms with E-state index in [0.717, 1.165) is 61.4 Å². The SMILES string of the molecule is C=CCOC(=O)C1=C(CSC(=O)Oc2cc(CCCCC)cc(O)c2[C@@H]2C=C(C)CC[C@H]2C(=C)C)SC2[C@@H]([C@@H](C)O)C(O)N12. The molecule has 1 fully saturated rings. The van der Waals surface area contributed by atoms with Gasteiger partial charge in [0, 0.05) is 22.1 Å². The molecule has 2 unspecified atom stereocenters. The molecule has 6 atom stereocenters. The van der Waals surface area contributed by atoms with Gasteiger partial charge in [-0.2, -0.15) is 0 Å². The highest BCUT2D eigenvalue weighted by Gasteiger charge is 2.57. The molecular weight excluding hydrogens is 599 g/mol. The maximum absolute atomic E-state index is 13.4. The topological polar surface area (TPSA) is 117 Å². The van der Waals surface area contributed by atoms with Gasteiger partial charge in [0.05, 0.1) is 17.4 Å². The van der Waals surface area contributed by atoms with Crippen LogP contribution < -0.4 is 4.74 Å². The number of nitrogens with zero attached hydrogens (tertiary/aromatic N) is 1. The van der Waals surface area contributed by atoms with Crippen LogP contribution in [0.25, 0.3) is 0 Å². The summed E-state index contributed by atoms with van der Waals surface area (Å²) in [6.07, 6.45) is 7.47. The predicted octanol–water partition coefficient (Wildman–Crippen LogP) is 7.02. The average Bonchev–Trinajstić information content (AvgIpc) is 3.28. The van der Waals surface area contributed by atoms with Crippen molar-refractivity contribution in [3.05, 3.63) is 70.3 Å². The summed E-state index contributed by atoms with van der Waals surface area (Å²) in [5.74, 6) is -0.595. The van der Waals surface area contributed by atoms with Gasteiger partial charge >= 0.3 is 11.3 Å². The second-order valence-corrected chi connectivity index (χ2v) is 14.1. The quantitative estimate of drug-likeness (QED) is 0.118. The highest BCUT2D eigenvalue weighted by Crippen LogP contribution is 2.53. The first-order valence-corrected chi connectivity index (χ1v) is 17.2. The smallest absolute Gasteiger partial charge is 0.373 e. The zero-order valence-corrected chi connectivity index (χ0v) is 27.7. The molecule has 1 aromatic carbocycles. The summed E-state index contributed by atoms with van der Waals surface area (Å²) in [6.45, 7) is 15.6. The van der Waals surface area contributed by atoms with Crippen LogP contribution in [0.2, 0.25) is 0 Å². The van der Waals surface area contributed by atoms with Gasteiger partial charge < -0.3 is 29.7 Å². The lowest BCUT2D eigenvalue weighted by atomic mass is 9.73. The molecule has 240 valence electrons. The van der Waals surface area contributed by atoms with Crippen LogP contribution in [-0.2, 0) is 16.0 Å². The maximum atomic E-state index is 13.4. The van der Waals surface area contributed by atoms with E-state index in [1.54, 1.807) is 17.9 Å². The van der Waals surface area contributed by atoms with Crippen LogP contribution in [0.4, 0.5) is 4.79 Å². The van der Waals surface area contributed by atoms with Gasteiger partial charge in [0.15, 0.2) is 0 Å². The monoisotopic (exact) mass is 643 g/mol. The molecule has 3 N–H and O–H groups in total. The number of thioether (sulfide) groups is 2. The highest BCUT2D eigenvalue weighted by atomic mass is 32.2. The van der Waals surface area contributed by atoms with Gasteiger partial charge in [-0.3, -0.25) is 0 Å².